The number of carboxylic acid groups (broad SMARTS) is 1. The van der Waals surface area contributed by atoms with Gasteiger partial charge in [-0.2, -0.15) is 4.98 Å². The molecule has 2 N–H and O–H groups in total. The van der Waals surface area contributed by atoms with Crippen molar-refractivity contribution in [1.29, 1.82) is 0 Å². The van der Waals surface area contributed by atoms with Gasteiger partial charge < -0.3 is 9.52 Å². The fraction of sp³-hybridized carbons (Fsp3) is 0.389. The van der Waals surface area contributed by atoms with Gasteiger partial charge in [0.05, 0.1) is 0 Å². The van der Waals surface area contributed by atoms with Crippen LogP contribution in [0.1, 0.15) is 43.6 Å². The average molecular weight is 328 g/mol. The summed E-state index contributed by atoms with van der Waals surface area (Å²) in [6, 6.07) is 8.38. The van der Waals surface area contributed by atoms with E-state index in [2.05, 4.69) is 22.4 Å². The standard InChI is InChI=1S/C18H20N2O4/c21-11-19-18-20-16(10-24-18)15-7-5-14(6-8-15)13-3-1-12(2-4-13)9-17(22)23/h5-8,10-13H,1-4,9H2,(H,22,23)(H,19,20,21). The summed E-state index contributed by atoms with van der Waals surface area (Å²) in [6.07, 6.45) is 6.35. The molecule has 6 heteroatoms. The van der Waals surface area contributed by atoms with Crippen LogP contribution in [0.25, 0.3) is 11.3 Å². The first kappa shape index (κ1) is 16.2. The number of nitrogens with one attached hydrogen (secondary N) is 1. The molecule has 1 fully saturated rings. The number of benzene rings is 1. The minimum Gasteiger partial charge on any atom is -0.481 e. The zero-order valence-corrected chi connectivity index (χ0v) is 13.3. The van der Waals surface area contributed by atoms with E-state index in [-0.39, 0.29) is 12.4 Å². The van der Waals surface area contributed by atoms with E-state index in [1.807, 2.05) is 12.1 Å². The molecule has 0 unspecified atom stereocenters. The molecule has 0 bridgehead atoms. The molecule has 0 aliphatic heterocycles. The Hall–Kier alpha value is -2.63. The molecule has 2 aromatic rings. The molecule has 126 valence electrons. The quantitative estimate of drug-likeness (QED) is 0.789. The van der Waals surface area contributed by atoms with Crippen LogP contribution >= 0.6 is 0 Å². The minimum atomic E-state index is -0.696. The topological polar surface area (TPSA) is 92.4 Å². The summed E-state index contributed by atoms with van der Waals surface area (Å²) in [5.74, 6) is 0.115. The van der Waals surface area contributed by atoms with Gasteiger partial charge in [0.15, 0.2) is 0 Å². The normalized spacial score (nSPS) is 20.5. The summed E-state index contributed by atoms with van der Waals surface area (Å²) in [5, 5.41) is 11.3. The molecule has 0 saturated heterocycles. The van der Waals surface area contributed by atoms with Gasteiger partial charge in [-0.1, -0.05) is 24.3 Å². The van der Waals surface area contributed by atoms with Crippen LogP contribution < -0.4 is 5.32 Å². The number of hydrogen-bond acceptors (Lipinski definition) is 4. The van der Waals surface area contributed by atoms with Gasteiger partial charge in [0.25, 0.3) is 0 Å². The van der Waals surface area contributed by atoms with Crippen molar-refractivity contribution in [1.82, 2.24) is 4.98 Å². The van der Waals surface area contributed by atoms with Crippen molar-refractivity contribution >= 4 is 18.4 Å². The van der Waals surface area contributed by atoms with Crippen LogP contribution in [0.4, 0.5) is 6.01 Å². The van der Waals surface area contributed by atoms with E-state index in [1.54, 1.807) is 0 Å². The van der Waals surface area contributed by atoms with Crippen LogP contribution in [-0.4, -0.2) is 22.5 Å². The highest BCUT2D eigenvalue weighted by Gasteiger charge is 2.24. The maximum atomic E-state index is 10.8. The summed E-state index contributed by atoms with van der Waals surface area (Å²) in [6.45, 7) is 0. The Morgan fingerprint density at radius 2 is 1.96 bits per heavy atom. The van der Waals surface area contributed by atoms with E-state index in [0.717, 1.165) is 31.2 Å². The number of anilines is 1. The Kier molecular flexibility index (Phi) is 4.93. The number of rotatable bonds is 6. The second-order valence-corrected chi connectivity index (χ2v) is 6.24. The van der Waals surface area contributed by atoms with Gasteiger partial charge in [-0.05, 0) is 43.1 Å². The third kappa shape index (κ3) is 3.82. The Morgan fingerprint density at radius 3 is 2.58 bits per heavy atom. The predicted molar refractivity (Wildman–Crippen MR) is 88.6 cm³/mol. The van der Waals surface area contributed by atoms with Gasteiger partial charge in [0.1, 0.15) is 12.0 Å². The van der Waals surface area contributed by atoms with Crippen molar-refractivity contribution in [2.45, 2.75) is 38.0 Å². The molecule has 1 aromatic carbocycles. The molecular weight excluding hydrogens is 308 g/mol. The Labute approximate surface area is 139 Å². The lowest BCUT2D eigenvalue weighted by molar-refractivity contribution is -0.138. The highest BCUT2D eigenvalue weighted by atomic mass is 16.4. The number of carbonyl (C=O) groups is 2. The summed E-state index contributed by atoms with van der Waals surface area (Å²) < 4.78 is 5.15. The van der Waals surface area contributed by atoms with Crippen LogP contribution in [0.15, 0.2) is 34.9 Å². The van der Waals surface area contributed by atoms with E-state index >= 15 is 0 Å². The smallest absolute Gasteiger partial charge is 0.303 e. The first-order valence-electron chi connectivity index (χ1n) is 8.13. The largest absolute Gasteiger partial charge is 0.481 e. The van der Waals surface area contributed by atoms with Crippen LogP contribution in [0.2, 0.25) is 0 Å². The second-order valence-electron chi connectivity index (χ2n) is 6.24. The molecule has 1 aromatic heterocycles. The molecule has 6 nitrogen and oxygen atoms in total. The number of aromatic nitrogens is 1. The molecule has 0 atom stereocenters. The molecule has 1 aliphatic carbocycles. The van der Waals surface area contributed by atoms with Gasteiger partial charge in [-0.25, -0.2) is 0 Å². The summed E-state index contributed by atoms with van der Waals surface area (Å²) >= 11 is 0. The van der Waals surface area contributed by atoms with Gasteiger partial charge in [-0.15, -0.1) is 0 Å². The van der Waals surface area contributed by atoms with Gasteiger partial charge in [-0.3, -0.25) is 14.9 Å². The highest BCUT2D eigenvalue weighted by Crippen LogP contribution is 2.37. The molecule has 1 heterocycles. The van der Waals surface area contributed by atoms with Gasteiger partial charge in [0.2, 0.25) is 6.41 Å². The highest BCUT2D eigenvalue weighted by molar-refractivity contribution is 5.68. The van der Waals surface area contributed by atoms with Crippen molar-refractivity contribution in [3.05, 3.63) is 36.1 Å². The lowest BCUT2D eigenvalue weighted by atomic mass is 9.77. The summed E-state index contributed by atoms with van der Waals surface area (Å²) in [5.41, 5.74) is 2.89. The van der Waals surface area contributed by atoms with Crippen LogP contribution in [-0.2, 0) is 9.59 Å². The molecule has 0 spiro atoms. The number of aliphatic carboxylic acids is 1. The first-order chi connectivity index (χ1) is 11.7. The van der Waals surface area contributed by atoms with E-state index in [4.69, 9.17) is 9.52 Å². The Morgan fingerprint density at radius 1 is 1.25 bits per heavy atom. The zero-order valence-electron chi connectivity index (χ0n) is 13.3. The van der Waals surface area contributed by atoms with E-state index in [9.17, 15) is 9.59 Å². The van der Waals surface area contributed by atoms with Gasteiger partial charge >= 0.3 is 12.0 Å². The third-order valence-electron chi connectivity index (χ3n) is 4.67. The van der Waals surface area contributed by atoms with Crippen LogP contribution in [0, 0.1) is 5.92 Å². The molecular formula is C18H20N2O4. The van der Waals surface area contributed by atoms with E-state index < -0.39 is 5.97 Å². The molecule has 24 heavy (non-hydrogen) atoms. The minimum absolute atomic E-state index is 0.181. The molecule has 0 radical (unpaired) electrons. The average Bonchev–Trinajstić information content (AvgIpc) is 3.04. The number of oxazole rings is 1. The van der Waals surface area contributed by atoms with Crippen LogP contribution in [0.5, 0.6) is 0 Å². The number of amides is 1. The van der Waals surface area contributed by atoms with Crippen molar-refractivity contribution in [3.8, 4) is 11.3 Å². The number of nitrogens with zero attached hydrogens (tertiary/aromatic N) is 1. The maximum absolute atomic E-state index is 10.8. The molecule has 1 aliphatic rings. The van der Waals surface area contributed by atoms with Gasteiger partial charge in [0, 0.05) is 12.0 Å². The van der Waals surface area contributed by atoms with Crippen molar-refractivity contribution < 1.29 is 19.1 Å². The molecule has 1 amide bonds. The Bertz CT molecular complexity index is 700. The fourth-order valence-corrected chi connectivity index (χ4v) is 3.40. The molecule has 1 saturated carbocycles. The SMILES string of the molecule is O=CNc1nc(-c2ccc(C3CCC(CC(=O)O)CC3)cc2)co1. The third-order valence-corrected chi connectivity index (χ3v) is 4.67. The van der Waals surface area contributed by atoms with Crippen LogP contribution in [0.3, 0.4) is 0 Å². The van der Waals surface area contributed by atoms with Crippen molar-refractivity contribution in [2.24, 2.45) is 5.92 Å². The predicted octanol–water partition coefficient (Wildman–Crippen LogP) is 3.66. The molecule has 3 rings (SSSR count). The van der Waals surface area contributed by atoms with Crippen molar-refractivity contribution in [3.63, 3.8) is 0 Å². The van der Waals surface area contributed by atoms with Crippen molar-refractivity contribution in [2.75, 3.05) is 5.32 Å². The summed E-state index contributed by atoms with van der Waals surface area (Å²) in [4.78, 5) is 25.4. The maximum Gasteiger partial charge on any atom is 0.303 e. The second kappa shape index (κ2) is 7.29. The number of hydrogen-bond donors (Lipinski definition) is 2. The lowest BCUT2D eigenvalue weighted by Gasteiger charge is -2.28. The van der Waals surface area contributed by atoms with E-state index in [0.29, 0.717) is 23.9 Å². The van der Waals surface area contributed by atoms with E-state index in [1.165, 1.54) is 11.8 Å². The summed E-state index contributed by atoms with van der Waals surface area (Å²) in [7, 11) is 0. The lowest BCUT2D eigenvalue weighted by Crippen LogP contribution is -2.16. The first-order valence-corrected chi connectivity index (χ1v) is 8.13. The zero-order chi connectivity index (χ0) is 16.9. The Balaban J connectivity index is 1.62. The number of carbonyl (C=O) groups excluding carboxylic acids is 1. The monoisotopic (exact) mass is 328 g/mol. The number of carboxylic acids is 1. The fourth-order valence-electron chi connectivity index (χ4n) is 3.40.